The fraction of sp³-hybridized carbons (Fsp3) is 0.533. The number of halogens is 1. The molecule has 0 bridgehead atoms. The normalized spacial score (nSPS) is 22.5. The zero-order valence-corrected chi connectivity index (χ0v) is 13.0. The van der Waals surface area contributed by atoms with Gasteiger partial charge in [-0.25, -0.2) is 14.7 Å². The van der Waals surface area contributed by atoms with Crippen molar-refractivity contribution >= 4 is 29.4 Å². The molecule has 21 heavy (non-hydrogen) atoms. The van der Waals surface area contributed by atoms with E-state index >= 15 is 0 Å². The molecule has 1 unspecified atom stereocenters. The molecule has 3 amide bonds. The molecule has 5 nitrogen and oxygen atoms in total. The van der Waals surface area contributed by atoms with Gasteiger partial charge in [-0.05, 0) is 38.3 Å². The summed E-state index contributed by atoms with van der Waals surface area (Å²) in [6.45, 7) is 4.24. The predicted molar refractivity (Wildman–Crippen MR) is 80.6 cm³/mol. The number of carbonyl (C=O) groups excluding carboxylic acids is 2. The number of hydrogen-bond acceptors (Lipinski definition) is 3. The average molecular weight is 308 g/mol. The van der Waals surface area contributed by atoms with Crippen molar-refractivity contribution in [1.29, 1.82) is 0 Å². The minimum absolute atomic E-state index is 0.153. The van der Waals surface area contributed by atoms with Crippen molar-refractivity contribution in [2.45, 2.75) is 45.6 Å². The summed E-state index contributed by atoms with van der Waals surface area (Å²) >= 11 is 6.05. The number of amides is 3. The quantitative estimate of drug-likeness (QED) is 0.749. The van der Waals surface area contributed by atoms with E-state index in [4.69, 9.17) is 11.6 Å². The van der Waals surface area contributed by atoms with E-state index in [2.05, 4.69) is 4.98 Å². The van der Waals surface area contributed by atoms with Crippen LogP contribution >= 0.6 is 11.6 Å². The zero-order chi connectivity index (χ0) is 15.1. The first-order chi connectivity index (χ1) is 10.0. The molecular formula is C15H18ClN3O2. The molecule has 0 aromatic carbocycles. The van der Waals surface area contributed by atoms with Gasteiger partial charge in [0.15, 0.2) is 0 Å². The molecule has 1 aromatic heterocycles. The van der Waals surface area contributed by atoms with Gasteiger partial charge in [0, 0.05) is 6.54 Å². The molecule has 1 aromatic rings. The van der Waals surface area contributed by atoms with Gasteiger partial charge >= 0.3 is 6.03 Å². The molecule has 3 heterocycles. The van der Waals surface area contributed by atoms with E-state index in [-0.39, 0.29) is 18.0 Å². The number of rotatable bonds is 1. The van der Waals surface area contributed by atoms with Crippen molar-refractivity contribution in [1.82, 2.24) is 9.88 Å². The Balaban J connectivity index is 2.01. The molecular weight excluding hydrogens is 290 g/mol. The highest BCUT2D eigenvalue weighted by atomic mass is 35.5. The van der Waals surface area contributed by atoms with Crippen molar-refractivity contribution in [3.05, 3.63) is 22.3 Å². The van der Waals surface area contributed by atoms with E-state index in [1.54, 1.807) is 17.9 Å². The number of nitrogens with zero attached hydrogens (tertiary/aromatic N) is 3. The van der Waals surface area contributed by atoms with Crippen molar-refractivity contribution < 1.29 is 9.59 Å². The Labute approximate surface area is 128 Å². The Kier molecular flexibility index (Phi) is 3.61. The third kappa shape index (κ3) is 2.29. The molecule has 0 aliphatic carbocycles. The monoisotopic (exact) mass is 307 g/mol. The maximum Gasteiger partial charge on any atom is 0.333 e. The number of aromatic nitrogens is 1. The van der Waals surface area contributed by atoms with Gasteiger partial charge in [0.1, 0.15) is 11.9 Å². The first kappa shape index (κ1) is 14.3. The van der Waals surface area contributed by atoms with E-state index in [1.165, 1.54) is 4.90 Å². The number of pyridine rings is 1. The number of aryl methyl sites for hydroxylation is 2. The molecule has 0 spiro atoms. The van der Waals surface area contributed by atoms with Crippen LogP contribution in [0, 0.1) is 13.8 Å². The van der Waals surface area contributed by atoms with Crippen molar-refractivity contribution in [2.24, 2.45) is 0 Å². The zero-order valence-electron chi connectivity index (χ0n) is 12.2. The Hall–Kier alpha value is -1.62. The molecule has 0 N–H and O–H groups in total. The van der Waals surface area contributed by atoms with Crippen LogP contribution in [0.4, 0.5) is 10.6 Å². The van der Waals surface area contributed by atoms with Crippen LogP contribution < -0.4 is 4.90 Å². The summed E-state index contributed by atoms with van der Waals surface area (Å²) in [4.78, 5) is 32.5. The van der Waals surface area contributed by atoms with Crippen LogP contribution in [-0.4, -0.2) is 34.4 Å². The van der Waals surface area contributed by atoms with Crippen LogP contribution in [0.1, 0.15) is 36.9 Å². The van der Waals surface area contributed by atoms with E-state index in [9.17, 15) is 9.59 Å². The lowest BCUT2D eigenvalue weighted by Gasteiger charge is -2.18. The maximum absolute atomic E-state index is 12.6. The van der Waals surface area contributed by atoms with Gasteiger partial charge in [0.25, 0.3) is 5.91 Å². The second kappa shape index (κ2) is 5.30. The van der Waals surface area contributed by atoms with Crippen molar-refractivity contribution in [3.8, 4) is 0 Å². The SMILES string of the molecule is Cc1cc(Cl)c(C)nc1N1C(=O)C2CCCCCN2C1=O. The molecule has 6 heteroatoms. The summed E-state index contributed by atoms with van der Waals surface area (Å²) in [5.74, 6) is 0.263. The number of hydrogen-bond donors (Lipinski definition) is 0. The maximum atomic E-state index is 12.6. The molecule has 2 saturated heterocycles. The highest BCUT2D eigenvalue weighted by Crippen LogP contribution is 2.32. The largest absolute Gasteiger partial charge is 0.333 e. The van der Waals surface area contributed by atoms with Crippen molar-refractivity contribution in [2.75, 3.05) is 11.4 Å². The van der Waals surface area contributed by atoms with Gasteiger partial charge in [-0.2, -0.15) is 0 Å². The summed E-state index contributed by atoms with van der Waals surface area (Å²) in [5, 5.41) is 0.546. The second-order valence-corrected chi connectivity index (χ2v) is 6.12. The van der Waals surface area contributed by atoms with Gasteiger partial charge in [0.05, 0.1) is 10.7 Å². The third-order valence-electron chi connectivity index (χ3n) is 4.22. The number of fused-ring (bicyclic) bond motifs is 1. The van der Waals surface area contributed by atoms with Crippen LogP contribution in [-0.2, 0) is 4.79 Å². The standard InChI is InChI=1S/C15H18ClN3O2/c1-9-8-11(16)10(2)17-13(9)19-14(20)12-6-4-3-5-7-18(12)15(19)21/h8,12H,3-7H2,1-2H3. The lowest BCUT2D eigenvalue weighted by atomic mass is 10.1. The Bertz CT molecular complexity index is 593. The topological polar surface area (TPSA) is 53.5 Å². The van der Waals surface area contributed by atoms with Crippen LogP contribution in [0.25, 0.3) is 0 Å². The summed E-state index contributed by atoms with van der Waals surface area (Å²) < 4.78 is 0. The summed E-state index contributed by atoms with van der Waals surface area (Å²) in [7, 11) is 0. The first-order valence-electron chi connectivity index (χ1n) is 7.29. The van der Waals surface area contributed by atoms with Crippen LogP contribution in [0.3, 0.4) is 0 Å². The van der Waals surface area contributed by atoms with Crippen LogP contribution in [0.5, 0.6) is 0 Å². The molecule has 2 aliphatic heterocycles. The van der Waals surface area contributed by atoms with Crippen molar-refractivity contribution in [3.63, 3.8) is 0 Å². The number of urea groups is 1. The number of carbonyl (C=O) groups is 2. The minimum Gasteiger partial charge on any atom is -0.312 e. The summed E-state index contributed by atoms with van der Waals surface area (Å²) in [5.41, 5.74) is 1.37. The smallest absolute Gasteiger partial charge is 0.312 e. The molecule has 2 aliphatic rings. The molecule has 2 fully saturated rings. The van der Waals surface area contributed by atoms with Gasteiger partial charge < -0.3 is 4.90 Å². The van der Waals surface area contributed by atoms with Crippen LogP contribution in [0.2, 0.25) is 5.02 Å². The molecule has 3 rings (SSSR count). The first-order valence-corrected chi connectivity index (χ1v) is 7.67. The second-order valence-electron chi connectivity index (χ2n) is 5.71. The number of anilines is 1. The lowest BCUT2D eigenvalue weighted by molar-refractivity contribution is -0.119. The predicted octanol–water partition coefficient (Wildman–Crippen LogP) is 3.06. The summed E-state index contributed by atoms with van der Waals surface area (Å²) in [6.07, 6.45) is 3.76. The molecule has 112 valence electrons. The fourth-order valence-electron chi connectivity index (χ4n) is 3.05. The van der Waals surface area contributed by atoms with E-state index in [0.29, 0.717) is 23.1 Å². The molecule has 0 radical (unpaired) electrons. The number of imide groups is 1. The molecule has 1 atom stereocenters. The average Bonchev–Trinajstić information content (AvgIpc) is 2.63. The Morgan fingerprint density at radius 2 is 2.00 bits per heavy atom. The third-order valence-corrected chi connectivity index (χ3v) is 4.60. The van der Waals surface area contributed by atoms with E-state index < -0.39 is 0 Å². The lowest BCUT2D eigenvalue weighted by Crippen LogP contribution is -2.35. The van der Waals surface area contributed by atoms with E-state index in [0.717, 1.165) is 31.2 Å². The fourth-order valence-corrected chi connectivity index (χ4v) is 3.25. The van der Waals surface area contributed by atoms with E-state index in [1.807, 2.05) is 6.92 Å². The molecule has 0 saturated carbocycles. The summed E-state index contributed by atoms with van der Waals surface area (Å²) in [6, 6.07) is 1.19. The Morgan fingerprint density at radius 3 is 2.76 bits per heavy atom. The van der Waals surface area contributed by atoms with Gasteiger partial charge in [-0.1, -0.05) is 24.4 Å². The highest BCUT2D eigenvalue weighted by Gasteiger charge is 2.46. The Morgan fingerprint density at radius 1 is 1.24 bits per heavy atom. The van der Waals surface area contributed by atoms with Gasteiger partial charge in [-0.15, -0.1) is 0 Å². The van der Waals surface area contributed by atoms with Crippen LogP contribution in [0.15, 0.2) is 6.07 Å². The van der Waals surface area contributed by atoms with Gasteiger partial charge in [0.2, 0.25) is 0 Å². The minimum atomic E-state index is -0.322. The highest BCUT2D eigenvalue weighted by molar-refractivity contribution is 6.31. The van der Waals surface area contributed by atoms with Gasteiger partial charge in [-0.3, -0.25) is 4.79 Å².